The molecule has 0 atom stereocenters. The van der Waals surface area contributed by atoms with Gasteiger partial charge in [-0.3, -0.25) is 0 Å². The van der Waals surface area contributed by atoms with Crippen LogP contribution in [0.1, 0.15) is 48.5 Å². The van der Waals surface area contributed by atoms with E-state index in [9.17, 15) is 4.79 Å². The van der Waals surface area contributed by atoms with Crippen molar-refractivity contribution in [3.63, 3.8) is 0 Å². The molecule has 94 valence electrons. The third-order valence-electron chi connectivity index (χ3n) is 2.82. The van der Waals surface area contributed by atoms with Crippen molar-refractivity contribution in [1.82, 2.24) is 0 Å². The molecule has 0 saturated carbocycles. The van der Waals surface area contributed by atoms with Gasteiger partial charge in [0, 0.05) is 11.5 Å². The highest BCUT2D eigenvalue weighted by Crippen LogP contribution is 2.39. The van der Waals surface area contributed by atoms with Crippen molar-refractivity contribution < 1.29 is 9.53 Å². The lowest BCUT2D eigenvalue weighted by molar-refractivity contribution is -0.143. The minimum atomic E-state index is -0.293. The predicted octanol–water partition coefficient (Wildman–Crippen LogP) is 3.81. The summed E-state index contributed by atoms with van der Waals surface area (Å²) in [5, 5.41) is 0. The predicted molar refractivity (Wildman–Crippen MR) is 68.2 cm³/mol. The quantitative estimate of drug-likeness (QED) is 0.540. The van der Waals surface area contributed by atoms with Gasteiger partial charge in [0.25, 0.3) is 0 Å². The van der Waals surface area contributed by atoms with E-state index in [0.29, 0.717) is 18.1 Å². The number of hydrogen-bond acceptors (Lipinski definition) is 2. The summed E-state index contributed by atoms with van der Waals surface area (Å²) in [6, 6.07) is 0. The molecule has 0 aromatic carbocycles. The maximum absolute atomic E-state index is 11.4. The lowest BCUT2D eigenvalue weighted by atomic mass is 9.67. The van der Waals surface area contributed by atoms with Gasteiger partial charge in [0.2, 0.25) is 0 Å². The third kappa shape index (κ3) is 4.82. The zero-order valence-corrected chi connectivity index (χ0v) is 11.8. The Hall–Kier alpha value is -0.790. The van der Waals surface area contributed by atoms with Crippen LogP contribution in [0.4, 0.5) is 0 Å². The first-order valence-electron chi connectivity index (χ1n) is 5.79. The lowest BCUT2D eigenvalue weighted by Crippen LogP contribution is -2.36. The molecule has 0 saturated heterocycles. The van der Waals surface area contributed by atoms with E-state index in [1.54, 1.807) is 6.92 Å². The number of rotatable bonds is 3. The molecule has 0 spiro atoms. The number of hydrogen-bond donors (Lipinski definition) is 0. The molecule has 2 nitrogen and oxygen atoms in total. The van der Waals surface area contributed by atoms with Gasteiger partial charge in [0.05, 0.1) is 6.61 Å². The van der Waals surface area contributed by atoms with E-state index in [-0.39, 0.29) is 16.8 Å². The molecule has 0 unspecified atom stereocenters. The van der Waals surface area contributed by atoms with Gasteiger partial charge in [0.15, 0.2) is 0 Å². The molecule has 0 aromatic heterocycles. The zero-order chi connectivity index (χ0) is 13.1. The van der Waals surface area contributed by atoms with Crippen molar-refractivity contribution in [3.05, 3.63) is 12.2 Å². The zero-order valence-electron chi connectivity index (χ0n) is 11.8. The number of ether oxygens (including phenoxy) is 1. The third-order valence-corrected chi connectivity index (χ3v) is 2.82. The molecule has 16 heavy (non-hydrogen) atoms. The summed E-state index contributed by atoms with van der Waals surface area (Å²) >= 11 is 0. The van der Waals surface area contributed by atoms with Gasteiger partial charge in [-0.25, -0.2) is 4.79 Å². The first-order chi connectivity index (χ1) is 6.96. The molecule has 0 amide bonds. The molecular weight excluding hydrogens is 200 g/mol. The van der Waals surface area contributed by atoms with E-state index in [4.69, 9.17) is 4.74 Å². The van der Waals surface area contributed by atoms with Gasteiger partial charge in [0.1, 0.15) is 0 Å². The van der Waals surface area contributed by atoms with Gasteiger partial charge < -0.3 is 4.74 Å². The second-order valence-electron chi connectivity index (χ2n) is 6.66. The summed E-state index contributed by atoms with van der Waals surface area (Å²) in [5.74, 6) is 0.0294. The summed E-state index contributed by atoms with van der Waals surface area (Å²) in [5.41, 5.74) is 0.697. The number of carbonyl (C=O) groups excluding carboxylic acids is 1. The molecule has 0 aliphatic rings. The average Bonchev–Trinajstić information content (AvgIpc) is 1.98. The summed E-state index contributed by atoms with van der Waals surface area (Å²) in [7, 11) is 0. The first-order valence-corrected chi connectivity index (χ1v) is 5.79. The van der Waals surface area contributed by atoms with Crippen LogP contribution in [0, 0.1) is 16.7 Å². The fraction of sp³-hybridized carbons (Fsp3) is 0.786. The van der Waals surface area contributed by atoms with Crippen molar-refractivity contribution in [3.8, 4) is 0 Å². The summed E-state index contributed by atoms with van der Waals surface area (Å²) in [4.78, 5) is 11.4. The van der Waals surface area contributed by atoms with Crippen LogP contribution in [0.15, 0.2) is 12.2 Å². The Balaban J connectivity index is 4.60. The highest BCUT2D eigenvalue weighted by molar-refractivity contribution is 5.86. The van der Waals surface area contributed by atoms with E-state index in [0.717, 1.165) is 0 Å². The van der Waals surface area contributed by atoms with Crippen molar-refractivity contribution in [2.75, 3.05) is 6.61 Å². The maximum atomic E-state index is 11.4. The summed E-state index contributed by atoms with van der Waals surface area (Å²) < 4.78 is 5.28. The second kappa shape index (κ2) is 5.03. The van der Waals surface area contributed by atoms with E-state index in [1.165, 1.54) is 0 Å². The molecule has 0 heterocycles. The van der Waals surface area contributed by atoms with Gasteiger partial charge in [-0.2, -0.15) is 0 Å². The Bertz CT molecular complexity index is 249. The molecule has 2 heteroatoms. The van der Waals surface area contributed by atoms with Crippen LogP contribution in [0.3, 0.4) is 0 Å². The van der Waals surface area contributed by atoms with Crippen LogP contribution in [0.2, 0.25) is 0 Å². The Kier molecular flexibility index (Phi) is 4.78. The van der Waals surface area contributed by atoms with Gasteiger partial charge in [-0.05, 0) is 17.8 Å². The molecule has 0 N–H and O–H groups in total. The minimum absolute atomic E-state index is 0.119. The van der Waals surface area contributed by atoms with Crippen molar-refractivity contribution in [1.29, 1.82) is 0 Å². The minimum Gasteiger partial charge on any atom is -0.462 e. The topological polar surface area (TPSA) is 26.3 Å². The SMILES string of the molecule is C=C(C)C(=O)OCC(C(C)(C)C)C(C)(C)C. The average molecular weight is 226 g/mol. The Morgan fingerprint density at radius 1 is 1.12 bits per heavy atom. The van der Waals surface area contributed by atoms with E-state index in [1.807, 2.05) is 0 Å². The van der Waals surface area contributed by atoms with Crippen LogP contribution in [0.5, 0.6) is 0 Å². The van der Waals surface area contributed by atoms with E-state index in [2.05, 4.69) is 48.1 Å². The van der Waals surface area contributed by atoms with Crippen LogP contribution >= 0.6 is 0 Å². The molecule has 0 radical (unpaired) electrons. The Labute approximate surface area is 100 Å². The first kappa shape index (κ1) is 15.2. The molecule has 0 fully saturated rings. The van der Waals surface area contributed by atoms with Gasteiger partial charge in [-0.1, -0.05) is 48.1 Å². The van der Waals surface area contributed by atoms with Crippen molar-refractivity contribution >= 4 is 5.97 Å². The highest BCUT2D eigenvalue weighted by atomic mass is 16.5. The molecule has 0 rings (SSSR count). The van der Waals surface area contributed by atoms with Crippen LogP contribution in [-0.2, 0) is 9.53 Å². The Morgan fingerprint density at radius 2 is 1.50 bits per heavy atom. The maximum Gasteiger partial charge on any atom is 0.333 e. The number of carbonyl (C=O) groups is 1. The fourth-order valence-corrected chi connectivity index (χ4v) is 2.08. The second-order valence-corrected chi connectivity index (χ2v) is 6.66. The van der Waals surface area contributed by atoms with Crippen molar-refractivity contribution in [2.45, 2.75) is 48.5 Å². The van der Waals surface area contributed by atoms with Crippen LogP contribution in [0.25, 0.3) is 0 Å². The summed E-state index contributed by atoms with van der Waals surface area (Å²) in [6.07, 6.45) is 0. The molecular formula is C14H26O2. The molecule has 0 aliphatic heterocycles. The monoisotopic (exact) mass is 226 g/mol. The number of esters is 1. The van der Waals surface area contributed by atoms with E-state index >= 15 is 0 Å². The van der Waals surface area contributed by atoms with E-state index < -0.39 is 0 Å². The summed E-state index contributed by atoms with van der Waals surface area (Å²) in [6.45, 7) is 18.8. The standard InChI is InChI=1S/C14H26O2/c1-10(2)12(15)16-9-11(13(3,4)5)14(6,7)8/h11H,1,9H2,2-8H3. The Morgan fingerprint density at radius 3 is 1.75 bits per heavy atom. The largest absolute Gasteiger partial charge is 0.462 e. The molecule has 0 aliphatic carbocycles. The van der Waals surface area contributed by atoms with Crippen LogP contribution < -0.4 is 0 Å². The smallest absolute Gasteiger partial charge is 0.333 e. The molecule has 0 bridgehead atoms. The van der Waals surface area contributed by atoms with Gasteiger partial charge in [-0.15, -0.1) is 0 Å². The highest BCUT2D eigenvalue weighted by Gasteiger charge is 2.35. The van der Waals surface area contributed by atoms with Gasteiger partial charge >= 0.3 is 5.97 Å². The fourth-order valence-electron chi connectivity index (χ4n) is 2.08. The normalized spacial score (nSPS) is 12.8. The molecule has 0 aromatic rings. The van der Waals surface area contributed by atoms with Crippen LogP contribution in [-0.4, -0.2) is 12.6 Å². The lowest BCUT2D eigenvalue weighted by Gasteiger charge is -2.40. The van der Waals surface area contributed by atoms with Crippen molar-refractivity contribution in [2.24, 2.45) is 16.7 Å².